The first-order valence-corrected chi connectivity index (χ1v) is 14.0. The van der Waals surface area contributed by atoms with Crippen LogP contribution in [-0.2, 0) is 19.0 Å². The number of hydrogen-bond acceptors (Lipinski definition) is 7. The Morgan fingerprint density at radius 3 is 2.21 bits per heavy atom. The van der Waals surface area contributed by atoms with Crippen molar-refractivity contribution in [1.82, 2.24) is 15.0 Å². The summed E-state index contributed by atoms with van der Waals surface area (Å²) >= 11 is 0. The monoisotopic (exact) mass is 486 g/mol. The van der Waals surface area contributed by atoms with Crippen molar-refractivity contribution in [2.45, 2.75) is 122 Å². The smallest absolute Gasteiger partial charge is 0.305 e. The average Bonchev–Trinajstić information content (AvgIpc) is 3.03. The number of hydrogen-bond donors (Lipinski definition) is 0. The summed E-state index contributed by atoms with van der Waals surface area (Å²) in [6.45, 7) is 9.21. The molecule has 2 rings (SSSR count). The van der Waals surface area contributed by atoms with Gasteiger partial charge in [0, 0.05) is 18.6 Å². The van der Waals surface area contributed by atoms with Crippen LogP contribution in [0.2, 0.25) is 0 Å². The third-order valence-electron chi connectivity index (χ3n) is 6.78. The number of rotatable bonds is 16. The Labute approximate surface area is 200 Å². The van der Waals surface area contributed by atoms with Crippen LogP contribution in [0.1, 0.15) is 105 Å². The molecule has 0 radical (unpaired) electrons. The van der Waals surface area contributed by atoms with Crippen LogP contribution < -0.4 is 0 Å². The van der Waals surface area contributed by atoms with Gasteiger partial charge in [-0.15, -0.1) is 4.28 Å². The van der Waals surface area contributed by atoms with E-state index >= 15 is 0 Å². The maximum Gasteiger partial charge on any atom is 0.437 e. The van der Waals surface area contributed by atoms with E-state index in [0.29, 0.717) is 25.9 Å². The van der Waals surface area contributed by atoms with Gasteiger partial charge < -0.3 is 4.90 Å². The SMILES string of the molecule is CCCCN(OS(=O)(=O)ON1C(=O)N2C[C@@H]1CC[C@H]2C#N)C(CCC)(CCCC)CCCC. The molecule has 2 atom stereocenters. The highest BCUT2D eigenvalue weighted by atomic mass is 32.3. The molecule has 2 fully saturated rings. The van der Waals surface area contributed by atoms with Gasteiger partial charge in [0.1, 0.15) is 6.04 Å². The number of amides is 2. The van der Waals surface area contributed by atoms with Crippen LogP contribution in [0.3, 0.4) is 0 Å². The zero-order chi connectivity index (χ0) is 24.5. The summed E-state index contributed by atoms with van der Waals surface area (Å²) in [6.07, 6.45) is 10.1. The second-order valence-electron chi connectivity index (χ2n) is 9.33. The predicted octanol–water partition coefficient (Wildman–Crippen LogP) is 4.91. The number of carbonyl (C=O) groups is 1. The summed E-state index contributed by atoms with van der Waals surface area (Å²) < 4.78 is 37.1. The second kappa shape index (κ2) is 12.9. The van der Waals surface area contributed by atoms with Crippen molar-refractivity contribution in [2.24, 2.45) is 0 Å². The highest BCUT2D eigenvalue weighted by Crippen LogP contribution is 2.36. The van der Waals surface area contributed by atoms with E-state index in [2.05, 4.69) is 33.8 Å². The summed E-state index contributed by atoms with van der Waals surface area (Å²) in [7, 11) is -4.52. The first-order chi connectivity index (χ1) is 15.8. The Morgan fingerprint density at radius 1 is 1.03 bits per heavy atom. The molecule has 2 heterocycles. The van der Waals surface area contributed by atoms with Crippen molar-refractivity contribution >= 4 is 16.4 Å². The molecule has 33 heavy (non-hydrogen) atoms. The molecule has 0 unspecified atom stereocenters. The molecule has 2 aliphatic heterocycles. The van der Waals surface area contributed by atoms with Crippen molar-refractivity contribution in [1.29, 1.82) is 5.26 Å². The number of piperidine rings is 1. The van der Waals surface area contributed by atoms with E-state index in [4.69, 9.17) is 8.57 Å². The molecular weight excluding hydrogens is 444 g/mol. The second-order valence-corrected chi connectivity index (χ2v) is 10.4. The Bertz CT molecular complexity index is 761. The van der Waals surface area contributed by atoms with Gasteiger partial charge in [-0.25, -0.2) is 4.79 Å². The van der Waals surface area contributed by atoms with Gasteiger partial charge in [-0.3, -0.25) is 0 Å². The molecular formula is C23H42N4O5S. The lowest BCUT2D eigenvalue weighted by Gasteiger charge is -2.43. The molecule has 2 bridgehead atoms. The number of fused-ring (bicyclic) bond motifs is 2. The quantitative estimate of drug-likeness (QED) is 0.286. The van der Waals surface area contributed by atoms with Gasteiger partial charge in [-0.05, 0) is 38.5 Å². The highest BCUT2D eigenvalue weighted by molar-refractivity contribution is 7.81. The number of carbonyl (C=O) groups excluding carboxylic acids is 1. The van der Waals surface area contributed by atoms with Crippen molar-refractivity contribution < 1.29 is 21.8 Å². The molecule has 2 amide bonds. The van der Waals surface area contributed by atoms with E-state index in [9.17, 15) is 18.5 Å². The normalized spacial score (nSPS) is 21.2. The van der Waals surface area contributed by atoms with Gasteiger partial charge in [-0.2, -0.15) is 28.1 Å². The minimum Gasteiger partial charge on any atom is -0.305 e. The van der Waals surface area contributed by atoms with E-state index in [1.807, 2.05) is 0 Å². The maximum atomic E-state index is 13.1. The first kappa shape index (κ1) is 27.8. The summed E-state index contributed by atoms with van der Waals surface area (Å²) in [5, 5.41) is 11.8. The van der Waals surface area contributed by atoms with Crippen LogP contribution in [0.4, 0.5) is 4.79 Å². The van der Waals surface area contributed by atoms with Gasteiger partial charge in [0.2, 0.25) is 0 Å². The predicted molar refractivity (Wildman–Crippen MR) is 126 cm³/mol. The van der Waals surface area contributed by atoms with Gasteiger partial charge in [0.05, 0.1) is 12.1 Å². The van der Waals surface area contributed by atoms with Crippen molar-refractivity contribution in [3.05, 3.63) is 0 Å². The Balaban J connectivity index is 2.25. The molecule has 2 aliphatic rings. The fraction of sp³-hybridized carbons (Fsp3) is 0.913. The molecule has 0 aromatic rings. The van der Waals surface area contributed by atoms with Crippen LogP contribution >= 0.6 is 0 Å². The van der Waals surface area contributed by atoms with Crippen molar-refractivity contribution in [3.8, 4) is 6.07 Å². The molecule has 0 aromatic heterocycles. The molecule has 9 nitrogen and oxygen atoms in total. The van der Waals surface area contributed by atoms with E-state index in [0.717, 1.165) is 69.3 Å². The number of nitriles is 1. The maximum absolute atomic E-state index is 13.1. The number of nitrogens with zero attached hydrogens (tertiary/aromatic N) is 4. The van der Waals surface area contributed by atoms with Crippen LogP contribution in [-0.4, -0.2) is 60.2 Å². The average molecular weight is 487 g/mol. The van der Waals surface area contributed by atoms with E-state index in [-0.39, 0.29) is 0 Å². The third-order valence-corrected chi connectivity index (χ3v) is 7.48. The number of hydroxylamine groups is 4. The number of urea groups is 1. The zero-order valence-corrected chi connectivity index (χ0v) is 21.6. The van der Waals surface area contributed by atoms with Crippen LogP contribution in [0.25, 0.3) is 0 Å². The standard InChI is InChI=1S/C23H42N4O5S/c1-5-9-15-23(14-8-4,16-10-6-2)26(17-11-7-3)31-33(29,30)32-27-21-13-12-20(18-24)25(19-21)22(27)28/h20-21H,5-17,19H2,1-4H3/t20-,21-/m0/s1. The molecule has 0 N–H and O–H groups in total. The molecule has 0 aromatic carbocycles. The minimum absolute atomic E-state index is 0.291. The van der Waals surface area contributed by atoms with Crippen LogP contribution in [0.15, 0.2) is 0 Å². The molecule has 190 valence electrons. The van der Waals surface area contributed by atoms with E-state index in [1.165, 1.54) is 4.90 Å². The fourth-order valence-corrected chi connectivity index (χ4v) is 5.83. The first-order valence-electron chi connectivity index (χ1n) is 12.7. The summed E-state index contributed by atoms with van der Waals surface area (Å²) in [5.41, 5.74) is -0.396. The van der Waals surface area contributed by atoms with Crippen LogP contribution in [0, 0.1) is 11.3 Å². The van der Waals surface area contributed by atoms with E-state index < -0.39 is 34.1 Å². The van der Waals surface area contributed by atoms with Crippen molar-refractivity contribution in [2.75, 3.05) is 13.1 Å². The Kier molecular flexibility index (Phi) is 10.9. The number of unbranched alkanes of at least 4 members (excludes halogenated alkanes) is 3. The van der Waals surface area contributed by atoms with Gasteiger partial charge in [0.25, 0.3) is 0 Å². The summed E-state index contributed by atoms with van der Waals surface area (Å²) in [6, 6.07) is 0.571. The van der Waals surface area contributed by atoms with E-state index in [1.54, 1.807) is 5.06 Å². The summed E-state index contributed by atoms with van der Waals surface area (Å²) in [4.78, 5) is 14.1. The molecule has 10 heteroatoms. The van der Waals surface area contributed by atoms with Gasteiger partial charge in [0.15, 0.2) is 0 Å². The lowest BCUT2D eigenvalue weighted by Crippen LogP contribution is -2.51. The lowest BCUT2D eigenvalue weighted by atomic mass is 9.82. The minimum atomic E-state index is -4.52. The Morgan fingerprint density at radius 2 is 1.67 bits per heavy atom. The van der Waals surface area contributed by atoms with Crippen LogP contribution in [0.5, 0.6) is 0 Å². The molecule has 2 saturated heterocycles. The zero-order valence-electron chi connectivity index (χ0n) is 20.8. The molecule has 0 saturated carbocycles. The fourth-order valence-electron chi connectivity index (χ4n) is 4.97. The molecule has 0 spiro atoms. The summed E-state index contributed by atoms with van der Waals surface area (Å²) in [5.74, 6) is 0. The topological polar surface area (TPSA) is 103 Å². The molecule has 0 aliphatic carbocycles. The lowest BCUT2D eigenvalue weighted by molar-refractivity contribution is -0.172. The third kappa shape index (κ3) is 7.04. The Hall–Kier alpha value is -1.41. The highest BCUT2D eigenvalue weighted by Gasteiger charge is 2.48. The van der Waals surface area contributed by atoms with Crippen molar-refractivity contribution in [3.63, 3.8) is 0 Å². The largest absolute Gasteiger partial charge is 0.437 e. The van der Waals surface area contributed by atoms with Gasteiger partial charge in [-0.1, -0.05) is 66.2 Å². The van der Waals surface area contributed by atoms with Gasteiger partial charge >= 0.3 is 16.4 Å².